The molecule has 0 amide bonds. The fourth-order valence-corrected chi connectivity index (χ4v) is 0.791. The lowest BCUT2D eigenvalue weighted by Crippen LogP contribution is -1.90. The van der Waals surface area contributed by atoms with Crippen LogP contribution < -0.4 is 5.73 Å². The van der Waals surface area contributed by atoms with E-state index < -0.39 is 0 Å². The lowest BCUT2D eigenvalue weighted by atomic mass is 9.99. The van der Waals surface area contributed by atoms with E-state index in [1.54, 1.807) is 12.4 Å². The molecule has 2 radical (unpaired) electrons. The van der Waals surface area contributed by atoms with Crippen LogP contribution in [-0.2, 0) is 6.54 Å². The zero-order valence-corrected chi connectivity index (χ0v) is 7.22. The van der Waals surface area contributed by atoms with Crippen LogP contribution >= 0.6 is 0 Å². The second kappa shape index (κ2) is 5.14. The number of pyridine rings is 1. The lowest BCUT2D eigenvalue weighted by molar-refractivity contribution is 1.05. The minimum Gasteiger partial charge on any atom is -0.405 e. The van der Waals surface area contributed by atoms with E-state index >= 15 is 0 Å². The monoisotopic (exact) mass is 171 g/mol. The van der Waals surface area contributed by atoms with Crippen LogP contribution in [-0.4, -0.2) is 19.0 Å². The summed E-state index contributed by atoms with van der Waals surface area (Å²) in [5.74, 6) is 0. The number of nitrogens with zero attached hydrogens (tertiary/aromatic N) is 2. The van der Waals surface area contributed by atoms with Crippen LogP contribution in [0.5, 0.6) is 0 Å². The van der Waals surface area contributed by atoms with E-state index in [2.05, 4.69) is 9.98 Å². The van der Waals surface area contributed by atoms with Crippen LogP contribution in [0.4, 0.5) is 0 Å². The molecule has 1 aromatic heterocycles. The summed E-state index contributed by atoms with van der Waals surface area (Å²) < 4.78 is 0. The molecule has 0 aliphatic carbocycles. The molecule has 0 unspecified atom stereocenters. The molecule has 0 saturated carbocycles. The molecule has 1 rings (SSSR count). The highest BCUT2D eigenvalue weighted by atomic mass is 14.7. The third-order valence-corrected chi connectivity index (χ3v) is 1.43. The maximum absolute atomic E-state index is 5.41. The van der Waals surface area contributed by atoms with E-state index in [0.29, 0.717) is 12.0 Å². The van der Waals surface area contributed by atoms with Gasteiger partial charge in [0.25, 0.3) is 0 Å². The summed E-state index contributed by atoms with van der Waals surface area (Å²) in [5.41, 5.74) is 6.67. The maximum Gasteiger partial charge on any atom is 0.117 e. The molecule has 0 saturated heterocycles. The average molecular weight is 171 g/mol. The second-order valence-corrected chi connectivity index (χ2v) is 2.50. The Kier molecular flexibility index (Phi) is 3.76. The minimum absolute atomic E-state index is 0.462. The molecule has 4 heteroatoms. The second-order valence-electron chi connectivity index (χ2n) is 2.50. The normalized spacial score (nSPS) is 12.2. The van der Waals surface area contributed by atoms with E-state index in [9.17, 15) is 0 Å². The number of hydrogen-bond donors (Lipinski definition) is 1. The average Bonchev–Trinajstić information content (AvgIpc) is 2.19. The van der Waals surface area contributed by atoms with Crippen molar-refractivity contribution in [1.29, 1.82) is 0 Å². The van der Waals surface area contributed by atoms with Crippen molar-refractivity contribution in [2.24, 2.45) is 10.7 Å². The first-order chi connectivity index (χ1) is 6.33. The molecule has 2 N–H and O–H groups in total. The Morgan fingerprint density at radius 1 is 1.69 bits per heavy atom. The Bertz CT molecular complexity index is 306. The van der Waals surface area contributed by atoms with E-state index in [-0.39, 0.29) is 0 Å². The van der Waals surface area contributed by atoms with Crippen molar-refractivity contribution in [2.75, 3.05) is 0 Å². The Morgan fingerprint density at radius 2 is 2.54 bits per heavy atom. The quantitative estimate of drug-likeness (QED) is 0.535. The molecule has 0 atom stereocenters. The third-order valence-electron chi connectivity index (χ3n) is 1.43. The summed E-state index contributed by atoms with van der Waals surface area (Å²) in [6.45, 7) is 0.572. The molecule has 0 aromatic carbocycles. The van der Waals surface area contributed by atoms with Gasteiger partial charge in [0.15, 0.2) is 0 Å². The predicted molar refractivity (Wildman–Crippen MR) is 54.5 cm³/mol. The smallest absolute Gasteiger partial charge is 0.117 e. The van der Waals surface area contributed by atoms with Gasteiger partial charge in [-0.1, -0.05) is 11.5 Å². The summed E-state index contributed by atoms with van der Waals surface area (Å²) in [5, 5.41) is 0. The number of rotatable bonds is 3. The molecule has 0 aliphatic heterocycles. The zero-order valence-electron chi connectivity index (χ0n) is 7.22. The van der Waals surface area contributed by atoms with Crippen molar-refractivity contribution >= 4 is 14.1 Å². The fourth-order valence-electron chi connectivity index (χ4n) is 0.791. The standard InChI is InChI=1S/C9H10BN3/c10-9(4-11)7-13-6-8-2-1-3-12-5-8/h1-5,7H,6,11H2/b9-4+,13-7?. The van der Waals surface area contributed by atoms with E-state index in [1.165, 1.54) is 12.4 Å². The number of hydrogen-bond acceptors (Lipinski definition) is 3. The van der Waals surface area contributed by atoms with Gasteiger partial charge < -0.3 is 5.73 Å². The molecular weight excluding hydrogens is 161 g/mol. The molecule has 0 fully saturated rings. The van der Waals surface area contributed by atoms with Crippen LogP contribution in [0, 0.1) is 0 Å². The molecule has 0 bridgehead atoms. The Hall–Kier alpha value is -1.58. The van der Waals surface area contributed by atoms with Gasteiger partial charge in [-0.3, -0.25) is 9.98 Å². The molecular formula is C9H10BN3. The van der Waals surface area contributed by atoms with Crippen LogP contribution in [0.25, 0.3) is 0 Å². The van der Waals surface area contributed by atoms with Crippen LogP contribution in [0.1, 0.15) is 5.56 Å². The highest BCUT2D eigenvalue weighted by Gasteiger charge is 1.86. The van der Waals surface area contributed by atoms with Gasteiger partial charge in [0, 0.05) is 18.6 Å². The number of aliphatic imine (C=N–C) groups is 1. The third kappa shape index (κ3) is 3.56. The first kappa shape index (κ1) is 9.51. The van der Waals surface area contributed by atoms with E-state index in [4.69, 9.17) is 13.6 Å². The summed E-state index contributed by atoms with van der Waals surface area (Å²) in [6, 6.07) is 3.82. The first-order valence-electron chi connectivity index (χ1n) is 3.89. The van der Waals surface area contributed by atoms with Crippen molar-refractivity contribution in [3.8, 4) is 0 Å². The largest absolute Gasteiger partial charge is 0.405 e. The summed E-state index contributed by atoms with van der Waals surface area (Å²) >= 11 is 0. The summed E-state index contributed by atoms with van der Waals surface area (Å²) in [4.78, 5) is 8.03. The van der Waals surface area contributed by atoms with Gasteiger partial charge in [-0.2, -0.15) is 0 Å². The van der Waals surface area contributed by atoms with Crippen LogP contribution in [0.2, 0.25) is 0 Å². The summed E-state index contributed by atoms with van der Waals surface area (Å²) in [7, 11) is 5.41. The SMILES string of the molecule is [B]/C(C=NCc1cccnc1)=C/N. The highest BCUT2D eigenvalue weighted by molar-refractivity contribution is 6.32. The van der Waals surface area contributed by atoms with Gasteiger partial charge in [0.1, 0.15) is 7.85 Å². The van der Waals surface area contributed by atoms with Gasteiger partial charge in [-0.15, -0.1) is 0 Å². The van der Waals surface area contributed by atoms with Gasteiger partial charge in [0.05, 0.1) is 6.54 Å². The van der Waals surface area contributed by atoms with Crippen molar-refractivity contribution in [3.05, 3.63) is 41.8 Å². The van der Waals surface area contributed by atoms with Crippen LogP contribution in [0.3, 0.4) is 0 Å². The number of nitrogens with two attached hydrogens (primary N) is 1. The Morgan fingerprint density at radius 3 is 3.15 bits per heavy atom. The maximum atomic E-state index is 5.41. The van der Waals surface area contributed by atoms with Crippen molar-refractivity contribution in [2.45, 2.75) is 6.54 Å². The molecule has 13 heavy (non-hydrogen) atoms. The van der Waals surface area contributed by atoms with Gasteiger partial charge in [-0.25, -0.2) is 0 Å². The fraction of sp³-hybridized carbons (Fsp3) is 0.111. The van der Waals surface area contributed by atoms with Crippen molar-refractivity contribution < 1.29 is 0 Å². The molecule has 64 valence electrons. The first-order valence-corrected chi connectivity index (χ1v) is 3.89. The van der Waals surface area contributed by atoms with Gasteiger partial charge in [-0.05, 0) is 17.8 Å². The minimum atomic E-state index is 0.462. The topological polar surface area (TPSA) is 51.3 Å². The van der Waals surface area contributed by atoms with E-state index in [1.807, 2.05) is 12.1 Å². The molecule has 1 heterocycles. The Balaban J connectivity index is 2.48. The zero-order chi connectivity index (χ0) is 9.52. The van der Waals surface area contributed by atoms with Gasteiger partial charge >= 0.3 is 0 Å². The van der Waals surface area contributed by atoms with Gasteiger partial charge in [0.2, 0.25) is 0 Å². The highest BCUT2D eigenvalue weighted by Crippen LogP contribution is 1.97. The number of allylic oxidation sites excluding steroid dienone is 1. The van der Waals surface area contributed by atoms with Crippen molar-refractivity contribution in [1.82, 2.24) is 4.98 Å². The van der Waals surface area contributed by atoms with Crippen molar-refractivity contribution in [3.63, 3.8) is 0 Å². The number of aromatic nitrogens is 1. The predicted octanol–water partition coefficient (Wildman–Crippen LogP) is 0.621. The van der Waals surface area contributed by atoms with E-state index in [0.717, 1.165) is 5.56 Å². The molecule has 1 aromatic rings. The molecule has 3 nitrogen and oxygen atoms in total. The Labute approximate surface area is 78.8 Å². The summed E-state index contributed by atoms with van der Waals surface area (Å²) in [6.07, 6.45) is 6.33. The van der Waals surface area contributed by atoms with Crippen LogP contribution in [0.15, 0.2) is 41.2 Å². The molecule has 0 spiro atoms. The molecule has 0 aliphatic rings. The lowest BCUT2D eigenvalue weighted by Gasteiger charge is -1.93.